The molecule has 1 N–H and O–H groups in total. The second-order valence-electron chi connectivity index (χ2n) is 6.67. The van der Waals surface area contributed by atoms with E-state index in [-0.39, 0.29) is 17.6 Å². The third-order valence-corrected chi connectivity index (χ3v) is 5.49. The van der Waals surface area contributed by atoms with Crippen molar-refractivity contribution in [3.05, 3.63) is 59.1 Å². The Labute approximate surface area is 184 Å². The summed E-state index contributed by atoms with van der Waals surface area (Å²) in [6, 6.07) is 14.3. The lowest BCUT2D eigenvalue weighted by molar-refractivity contribution is -0.113. The predicted octanol–water partition coefficient (Wildman–Crippen LogP) is 4.05. The number of amides is 2. The van der Waals surface area contributed by atoms with E-state index in [1.54, 1.807) is 50.5 Å². The maximum atomic E-state index is 12.4. The van der Waals surface area contributed by atoms with E-state index in [4.69, 9.17) is 11.6 Å². The van der Waals surface area contributed by atoms with Crippen molar-refractivity contribution in [1.82, 2.24) is 19.7 Å². The summed E-state index contributed by atoms with van der Waals surface area (Å²) in [6.07, 6.45) is 0. The quantitative estimate of drug-likeness (QED) is 0.557. The Balaban J connectivity index is 1.66. The van der Waals surface area contributed by atoms with E-state index in [1.165, 1.54) is 16.7 Å². The Kier molecular flexibility index (Phi) is 7.12. The summed E-state index contributed by atoms with van der Waals surface area (Å²) in [5.41, 5.74) is 2.00. The third kappa shape index (κ3) is 5.20. The van der Waals surface area contributed by atoms with E-state index in [2.05, 4.69) is 15.5 Å². The maximum Gasteiger partial charge on any atom is 0.253 e. The first kappa shape index (κ1) is 21.9. The fourth-order valence-electron chi connectivity index (χ4n) is 2.81. The zero-order valence-electron chi connectivity index (χ0n) is 16.9. The molecule has 0 bridgehead atoms. The smallest absolute Gasteiger partial charge is 0.253 e. The maximum absolute atomic E-state index is 12.4. The summed E-state index contributed by atoms with van der Waals surface area (Å²) in [7, 11) is 3.37. The van der Waals surface area contributed by atoms with Crippen LogP contribution in [-0.4, -0.2) is 51.3 Å². The summed E-state index contributed by atoms with van der Waals surface area (Å²) < 4.78 is 1.96. The number of anilines is 1. The van der Waals surface area contributed by atoms with Gasteiger partial charge in [0.2, 0.25) is 5.91 Å². The minimum Gasteiger partial charge on any atom is -0.345 e. The van der Waals surface area contributed by atoms with Crippen molar-refractivity contribution in [2.45, 2.75) is 18.6 Å². The van der Waals surface area contributed by atoms with Crippen LogP contribution in [0.25, 0.3) is 11.4 Å². The van der Waals surface area contributed by atoms with Gasteiger partial charge in [-0.15, -0.1) is 10.2 Å². The molecule has 7 nitrogen and oxygen atoms in total. The number of rotatable bonds is 7. The molecule has 0 radical (unpaired) electrons. The van der Waals surface area contributed by atoms with Crippen molar-refractivity contribution in [3.63, 3.8) is 0 Å². The van der Waals surface area contributed by atoms with Crippen LogP contribution < -0.4 is 5.32 Å². The molecule has 2 aromatic carbocycles. The van der Waals surface area contributed by atoms with Gasteiger partial charge in [0.1, 0.15) is 0 Å². The van der Waals surface area contributed by atoms with Gasteiger partial charge >= 0.3 is 0 Å². The minimum absolute atomic E-state index is 0.119. The number of halogens is 1. The molecule has 0 fully saturated rings. The number of nitrogens with one attached hydrogen (secondary N) is 1. The van der Waals surface area contributed by atoms with Gasteiger partial charge in [-0.25, -0.2) is 0 Å². The van der Waals surface area contributed by atoms with Crippen LogP contribution in [0.15, 0.2) is 53.7 Å². The van der Waals surface area contributed by atoms with Crippen molar-refractivity contribution in [2.75, 3.05) is 25.2 Å². The molecule has 1 aromatic heterocycles. The zero-order valence-corrected chi connectivity index (χ0v) is 18.5. The number of carbonyl (C=O) groups is 2. The van der Waals surface area contributed by atoms with Gasteiger partial charge in [0.05, 0.1) is 5.75 Å². The molecule has 0 atom stereocenters. The topological polar surface area (TPSA) is 80.1 Å². The van der Waals surface area contributed by atoms with Gasteiger partial charge in [-0.05, 0) is 49.4 Å². The van der Waals surface area contributed by atoms with Gasteiger partial charge in [-0.2, -0.15) is 0 Å². The van der Waals surface area contributed by atoms with E-state index < -0.39 is 0 Å². The standard InChI is InChI=1S/C21H22ClN5O2S/c1-4-27-19(14-8-10-16(22)11-9-14)24-25-21(27)30-13-18(28)23-17-7-5-6-15(12-17)20(29)26(2)3/h5-12H,4,13H2,1-3H3,(H,23,28). The molecule has 3 rings (SSSR count). The summed E-state index contributed by atoms with van der Waals surface area (Å²) in [5.74, 6) is 0.594. The molecule has 0 saturated heterocycles. The Hall–Kier alpha value is -2.84. The van der Waals surface area contributed by atoms with E-state index in [1.807, 2.05) is 23.6 Å². The molecule has 2 amide bonds. The lowest BCUT2D eigenvalue weighted by Gasteiger charge is -2.12. The molecule has 0 aliphatic rings. The molecule has 30 heavy (non-hydrogen) atoms. The van der Waals surface area contributed by atoms with Crippen LogP contribution in [0.1, 0.15) is 17.3 Å². The molecule has 0 spiro atoms. The molecule has 1 heterocycles. The molecule has 9 heteroatoms. The Morgan fingerprint density at radius 3 is 2.53 bits per heavy atom. The molecule has 0 unspecified atom stereocenters. The fraction of sp³-hybridized carbons (Fsp3) is 0.238. The highest BCUT2D eigenvalue weighted by Gasteiger charge is 2.15. The highest BCUT2D eigenvalue weighted by atomic mass is 35.5. The average Bonchev–Trinajstić information content (AvgIpc) is 3.15. The normalized spacial score (nSPS) is 10.7. The number of thioether (sulfide) groups is 1. The van der Waals surface area contributed by atoms with Crippen LogP contribution >= 0.6 is 23.4 Å². The number of carbonyl (C=O) groups excluding carboxylic acids is 2. The first-order valence-corrected chi connectivity index (χ1v) is 10.7. The fourth-order valence-corrected chi connectivity index (χ4v) is 3.74. The molecule has 0 aliphatic carbocycles. The number of hydrogen-bond acceptors (Lipinski definition) is 5. The van der Waals surface area contributed by atoms with Crippen LogP contribution in [0.2, 0.25) is 5.02 Å². The van der Waals surface area contributed by atoms with Gasteiger partial charge in [0.25, 0.3) is 5.91 Å². The van der Waals surface area contributed by atoms with E-state index in [0.29, 0.717) is 28.0 Å². The number of benzene rings is 2. The molecule has 0 aliphatic heterocycles. The van der Waals surface area contributed by atoms with Gasteiger partial charge in [0.15, 0.2) is 11.0 Å². The van der Waals surface area contributed by atoms with Crippen LogP contribution in [0, 0.1) is 0 Å². The lowest BCUT2D eigenvalue weighted by atomic mass is 10.2. The Bertz CT molecular complexity index is 1050. The van der Waals surface area contributed by atoms with Crippen molar-refractivity contribution in [2.24, 2.45) is 0 Å². The second-order valence-corrected chi connectivity index (χ2v) is 8.05. The zero-order chi connectivity index (χ0) is 21.7. The molecule has 0 saturated carbocycles. The highest BCUT2D eigenvalue weighted by molar-refractivity contribution is 7.99. The Morgan fingerprint density at radius 1 is 1.13 bits per heavy atom. The van der Waals surface area contributed by atoms with Crippen molar-refractivity contribution in [3.8, 4) is 11.4 Å². The van der Waals surface area contributed by atoms with Crippen molar-refractivity contribution < 1.29 is 9.59 Å². The van der Waals surface area contributed by atoms with E-state index in [9.17, 15) is 9.59 Å². The van der Waals surface area contributed by atoms with Gasteiger partial charge in [-0.1, -0.05) is 29.4 Å². The first-order chi connectivity index (χ1) is 14.4. The van der Waals surface area contributed by atoms with Crippen LogP contribution in [0.3, 0.4) is 0 Å². The van der Waals surface area contributed by atoms with E-state index in [0.717, 1.165) is 11.4 Å². The van der Waals surface area contributed by atoms with Crippen LogP contribution in [0.4, 0.5) is 5.69 Å². The summed E-state index contributed by atoms with van der Waals surface area (Å²) in [6.45, 7) is 2.67. The number of aromatic nitrogens is 3. The highest BCUT2D eigenvalue weighted by Crippen LogP contribution is 2.25. The number of hydrogen-bond donors (Lipinski definition) is 1. The monoisotopic (exact) mass is 443 g/mol. The van der Waals surface area contributed by atoms with Crippen LogP contribution in [-0.2, 0) is 11.3 Å². The van der Waals surface area contributed by atoms with E-state index >= 15 is 0 Å². The van der Waals surface area contributed by atoms with Crippen molar-refractivity contribution in [1.29, 1.82) is 0 Å². The number of nitrogens with zero attached hydrogens (tertiary/aromatic N) is 4. The Morgan fingerprint density at radius 2 is 1.87 bits per heavy atom. The molecular weight excluding hydrogens is 422 g/mol. The summed E-state index contributed by atoms with van der Waals surface area (Å²) >= 11 is 7.27. The first-order valence-electron chi connectivity index (χ1n) is 9.32. The van der Waals surface area contributed by atoms with Gasteiger partial charge < -0.3 is 14.8 Å². The van der Waals surface area contributed by atoms with Gasteiger partial charge in [0, 0.05) is 42.5 Å². The lowest BCUT2D eigenvalue weighted by Crippen LogP contribution is -2.22. The second kappa shape index (κ2) is 9.77. The third-order valence-electron chi connectivity index (χ3n) is 4.27. The predicted molar refractivity (Wildman–Crippen MR) is 120 cm³/mol. The molecular formula is C21H22ClN5O2S. The minimum atomic E-state index is -0.187. The summed E-state index contributed by atoms with van der Waals surface area (Å²) in [5, 5.41) is 12.6. The SMILES string of the molecule is CCn1c(SCC(=O)Nc2cccc(C(=O)N(C)C)c2)nnc1-c1ccc(Cl)cc1. The largest absolute Gasteiger partial charge is 0.345 e. The van der Waals surface area contributed by atoms with Crippen LogP contribution in [0.5, 0.6) is 0 Å². The molecule has 3 aromatic rings. The summed E-state index contributed by atoms with van der Waals surface area (Å²) in [4.78, 5) is 26.0. The molecule has 156 valence electrons. The average molecular weight is 444 g/mol. The van der Waals surface area contributed by atoms with Gasteiger partial charge in [-0.3, -0.25) is 9.59 Å². The van der Waals surface area contributed by atoms with Crippen molar-refractivity contribution >= 4 is 40.9 Å².